The third kappa shape index (κ3) is 1.94. The summed E-state index contributed by atoms with van der Waals surface area (Å²) in [6, 6.07) is 0. The summed E-state index contributed by atoms with van der Waals surface area (Å²) >= 11 is 0. The molecule has 0 amide bonds. The van der Waals surface area contributed by atoms with Crippen LogP contribution in [-0.4, -0.2) is 37.2 Å². The standard InChI is InChI=1S/C6H9FO4S/c7-5(6(8)9)4-1-2-12(10,11)3-4/h4-5H,1-3H2,(H,8,9). The highest BCUT2D eigenvalue weighted by atomic mass is 32.2. The van der Waals surface area contributed by atoms with Gasteiger partial charge < -0.3 is 5.11 Å². The zero-order valence-corrected chi connectivity index (χ0v) is 7.05. The van der Waals surface area contributed by atoms with Crippen LogP contribution in [0.2, 0.25) is 0 Å². The molecule has 0 radical (unpaired) electrons. The Morgan fingerprint density at radius 2 is 2.17 bits per heavy atom. The normalized spacial score (nSPS) is 29.9. The van der Waals surface area contributed by atoms with Crippen LogP contribution in [0, 0.1) is 5.92 Å². The number of halogens is 1. The summed E-state index contributed by atoms with van der Waals surface area (Å²) < 4.78 is 34.3. The zero-order valence-electron chi connectivity index (χ0n) is 6.23. The van der Waals surface area contributed by atoms with Crippen LogP contribution in [0.3, 0.4) is 0 Å². The van der Waals surface area contributed by atoms with Crippen molar-refractivity contribution in [1.82, 2.24) is 0 Å². The van der Waals surface area contributed by atoms with Gasteiger partial charge in [-0.25, -0.2) is 17.6 Å². The smallest absolute Gasteiger partial charge is 0.338 e. The lowest BCUT2D eigenvalue weighted by Gasteiger charge is -2.07. The Morgan fingerprint density at radius 3 is 2.50 bits per heavy atom. The molecular weight excluding hydrogens is 187 g/mol. The second kappa shape index (κ2) is 3.01. The summed E-state index contributed by atoms with van der Waals surface area (Å²) in [6.45, 7) is 0. The first-order valence-corrected chi connectivity index (χ1v) is 5.32. The number of alkyl halides is 1. The molecule has 1 heterocycles. The van der Waals surface area contributed by atoms with E-state index >= 15 is 0 Å². The molecule has 2 atom stereocenters. The summed E-state index contributed by atoms with van der Waals surface area (Å²) in [4.78, 5) is 10.1. The van der Waals surface area contributed by atoms with Crippen molar-refractivity contribution < 1.29 is 22.7 Å². The van der Waals surface area contributed by atoms with Gasteiger partial charge in [0.2, 0.25) is 6.17 Å². The van der Waals surface area contributed by atoms with E-state index < -0.39 is 27.9 Å². The fourth-order valence-electron chi connectivity index (χ4n) is 1.26. The van der Waals surface area contributed by atoms with Crippen molar-refractivity contribution in [1.29, 1.82) is 0 Å². The topological polar surface area (TPSA) is 71.4 Å². The molecule has 0 aliphatic carbocycles. The van der Waals surface area contributed by atoms with E-state index in [4.69, 9.17) is 5.11 Å². The molecule has 0 spiro atoms. The molecule has 1 fully saturated rings. The number of sulfone groups is 1. The van der Waals surface area contributed by atoms with Gasteiger partial charge >= 0.3 is 5.97 Å². The Bertz CT molecular complexity index is 284. The van der Waals surface area contributed by atoms with Crippen LogP contribution in [-0.2, 0) is 14.6 Å². The summed E-state index contributed by atoms with van der Waals surface area (Å²) in [5.74, 6) is -2.85. The van der Waals surface area contributed by atoms with Gasteiger partial charge in [-0.15, -0.1) is 0 Å². The van der Waals surface area contributed by atoms with Crippen LogP contribution < -0.4 is 0 Å². The predicted octanol–water partition coefficient (Wildman–Crippen LogP) is -0.156. The molecule has 4 nitrogen and oxygen atoms in total. The molecular formula is C6H9FO4S. The molecule has 70 valence electrons. The fourth-order valence-corrected chi connectivity index (χ4v) is 3.07. The molecule has 6 heteroatoms. The first-order chi connectivity index (χ1) is 5.42. The summed E-state index contributed by atoms with van der Waals surface area (Å²) in [6.07, 6.45) is -1.92. The molecule has 1 rings (SSSR count). The highest BCUT2D eigenvalue weighted by Crippen LogP contribution is 2.23. The third-order valence-electron chi connectivity index (χ3n) is 1.92. The lowest BCUT2D eigenvalue weighted by molar-refractivity contribution is -0.144. The second-order valence-electron chi connectivity index (χ2n) is 2.90. The van der Waals surface area contributed by atoms with Crippen LogP contribution >= 0.6 is 0 Å². The zero-order chi connectivity index (χ0) is 9.35. The van der Waals surface area contributed by atoms with E-state index in [2.05, 4.69) is 0 Å². The van der Waals surface area contributed by atoms with Gasteiger partial charge in [0.05, 0.1) is 11.5 Å². The average Bonchev–Trinajstić information content (AvgIpc) is 2.28. The minimum Gasteiger partial charge on any atom is -0.479 e. The first-order valence-electron chi connectivity index (χ1n) is 3.50. The Morgan fingerprint density at radius 1 is 1.58 bits per heavy atom. The van der Waals surface area contributed by atoms with Gasteiger partial charge in [0.1, 0.15) is 0 Å². The number of hydrogen-bond acceptors (Lipinski definition) is 3. The van der Waals surface area contributed by atoms with E-state index in [1.165, 1.54) is 0 Å². The molecule has 1 N–H and O–H groups in total. The highest BCUT2D eigenvalue weighted by Gasteiger charge is 2.37. The van der Waals surface area contributed by atoms with E-state index in [1.54, 1.807) is 0 Å². The number of carboxylic acids is 1. The van der Waals surface area contributed by atoms with Crippen LogP contribution in [0.25, 0.3) is 0 Å². The molecule has 12 heavy (non-hydrogen) atoms. The Labute approximate surface area is 69.3 Å². The Kier molecular flexibility index (Phi) is 2.36. The molecule has 2 unspecified atom stereocenters. The number of carbonyl (C=O) groups is 1. The molecule has 1 aliphatic heterocycles. The maximum atomic E-state index is 12.7. The van der Waals surface area contributed by atoms with Crippen molar-refractivity contribution in [3.8, 4) is 0 Å². The maximum Gasteiger partial charge on any atom is 0.338 e. The molecule has 0 aromatic rings. The van der Waals surface area contributed by atoms with E-state index in [9.17, 15) is 17.6 Å². The number of aliphatic carboxylic acids is 1. The van der Waals surface area contributed by atoms with Crippen LogP contribution in [0.5, 0.6) is 0 Å². The number of carboxylic acid groups (broad SMARTS) is 1. The molecule has 0 bridgehead atoms. The van der Waals surface area contributed by atoms with Gasteiger partial charge in [-0.2, -0.15) is 0 Å². The Hall–Kier alpha value is -0.650. The SMILES string of the molecule is O=C(O)C(F)C1CCS(=O)(=O)C1. The van der Waals surface area contributed by atoms with Crippen molar-refractivity contribution in [3.05, 3.63) is 0 Å². The Balaban J connectivity index is 2.64. The quantitative estimate of drug-likeness (QED) is 0.666. The summed E-state index contributed by atoms with van der Waals surface area (Å²) in [5, 5.41) is 8.24. The average molecular weight is 196 g/mol. The predicted molar refractivity (Wildman–Crippen MR) is 39.3 cm³/mol. The minimum atomic E-state index is -3.18. The lowest BCUT2D eigenvalue weighted by atomic mass is 10.0. The fraction of sp³-hybridized carbons (Fsp3) is 0.833. The van der Waals surface area contributed by atoms with Crippen LogP contribution in [0.4, 0.5) is 4.39 Å². The van der Waals surface area contributed by atoms with Gasteiger partial charge in [-0.3, -0.25) is 0 Å². The van der Waals surface area contributed by atoms with Crippen molar-refractivity contribution in [2.24, 2.45) is 5.92 Å². The monoisotopic (exact) mass is 196 g/mol. The molecule has 0 aromatic carbocycles. The summed E-state index contributed by atoms with van der Waals surface area (Å²) in [7, 11) is -3.18. The summed E-state index contributed by atoms with van der Waals surface area (Å²) in [5.41, 5.74) is 0. The third-order valence-corrected chi connectivity index (χ3v) is 3.71. The first kappa shape index (κ1) is 9.44. The molecule has 0 saturated carbocycles. The van der Waals surface area contributed by atoms with Gasteiger partial charge in [-0.1, -0.05) is 0 Å². The van der Waals surface area contributed by atoms with Crippen LogP contribution in [0.15, 0.2) is 0 Å². The minimum absolute atomic E-state index is 0.0919. The number of hydrogen-bond donors (Lipinski definition) is 1. The van der Waals surface area contributed by atoms with Crippen molar-refractivity contribution >= 4 is 15.8 Å². The van der Waals surface area contributed by atoms with Crippen molar-refractivity contribution in [3.63, 3.8) is 0 Å². The van der Waals surface area contributed by atoms with E-state index in [0.29, 0.717) is 0 Å². The van der Waals surface area contributed by atoms with Gasteiger partial charge in [0, 0.05) is 5.92 Å². The maximum absolute atomic E-state index is 12.7. The van der Waals surface area contributed by atoms with Gasteiger partial charge in [-0.05, 0) is 6.42 Å². The van der Waals surface area contributed by atoms with E-state index in [1.807, 2.05) is 0 Å². The largest absolute Gasteiger partial charge is 0.479 e. The van der Waals surface area contributed by atoms with Crippen molar-refractivity contribution in [2.75, 3.05) is 11.5 Å². The van der Waals surface area contributed by atoms with Gasteiger partial charge in [0.15, 0.2) is 9.84 Å². The van der Waals surface area contributed by atoms with Gasteiger partial charge in [0.25, 0.3) is 0 Å². The molecule has 1 aliphatic rings. The van der Waals surface area contributed by atoms with Crippen LogP contribution in [0.1, 0.15) is 6.42 Å². The molecule has 0 aromatic heterocycles. The lowest BCUT2D eigenvalue weighted by Crippen LogP contribution is -2.25. The second-order valence-corrected chi connectivity index (χ2v) is 5.13. The number of rotatable bonds is 2. The highest BCUT2D eigenvalue weighted by molar-refractivity contribution is 7.91. The van der Waals surface area contributed by atoms with E-state index in [-0.39, 0.29) is 17.9 Å². The molecule has 1 saturated heterocycles. The van der Waals surface area contributed by atoms with Crippen molar-refractivity contribution in [2.45, 2.75) is 12.6 Å². The van der Waals surface area contributed by atoms with E-state index in [0.717, 1.165) is 0 Å².